The van der Waals surface area contributed by atoms with Gasteiger partial charge in [-0.05, 0) is 41.7 Å². The Balaban J connectivity index is 1.98. The van der Waals surface area contributed by atoms with E-state index in [0.29, 0.717) is 6.42 Å². The quantitative estimate of drug-likeness (QED) is 0.919. The van der Waals surface area contributed by atoms with Crippen LogP contribution in [0.1, 0.15) is 34.8 Å². The van der Waals surface area contributed by atoms with Gasteiger partial charge in [-0.3, -0.25) is 4.79 Å². The second-order valence-electron chi connectivity index (χ2n) is 5.60. The Labute approximate surface area is 124 Å². The van der Waals surface area contributed by atoms with Crippen molar-refractivity contribution in [2.75, 3.05) is 11.9 Å². The van der Waals surface area contributed by atoms with Crippen LogP contribution in [0.25, 0.3) is 0 Å². The average molecular weight is 281 g/mol. The van der Waals surface area contributed by atoms with Crippen molar-refractivity contribution in [2.45, 2.75) is 25.9 Å². The van der Waals surface area contributed by atoms with Gasteiger partial charge in [0.15, 0.2) is 0 Å². The molecule has 3 heteroatoms. The predicted octanol–water partition coefficient (Wildman–Crippen LogP) is 2.99. The van der Waals surface area contributed by atoms with Gasteiger partial charge in [-0.2, -0.15) is 0 Å². The number of nitrogens with zero attached hydrogens (tertiary/aromatic N) is 1. The third-order valence-corrected chi connectivity index (χ3v) is 4.25. The van der Waals surface area contributed by atoms with Gasteiger partial charge in [0, 0.05) is 19.2 Å². The Morgan fingerprint density at radius 3 is 2.67 bits per heavy atom. The van der Waals surface area contributed by atoms with E-state index in [-0.39, 0.29) is 5.91 Å². The SMILES string of the molecule is Cc1ccccc1C(O)c1ccc2c(c1)CCC(=O)N2C. The topological polar surface area (TPSA) is 40.5 Å². The molecule has 1 unspecified atom stereocenters. The van der Waals surface area contributed by atoms with Crippen LogP contribution < -0.4 is 4.90 Å². The number of aryl methyl sites for hydroxylation is 2. The second kappa shape index (κ2) is 5.34. The van der Waals surface area contributed by atoms with Gasteiger partial charge in [0.2, 0.25) is 5.91 Å². The van der Waals surface area contributed by atoms with Crippen molar-refractivity contribution in [3.63, 3.8) is 0 Å². The van der Waals surface area contributed by atoms with Crippen molar-refractivity contribution in [1.29, 1.82) is 0 Å². The van der Waals surface area contributed by atoms with Crippen LogP contribution in [0.3, 0.4) is 0 Å². The third kappa shape index (κ3) is 2.45. The molecule has 0 aliphatic carbocycles. The number of aliphatic hydroxyl groups is 1. The second-order valence-corrected chi connectivity index (χ2v) is 5.60. The van der Waals surface area contributed by atoms with Gasteiger partial charge in [0.05, 0.1) is 0 Å². The first-order chi connectivity index (χ1) is 10.1. The first kappa shape index (κ1) is 13.8. The zero-order valence-corrected chi connectivity index (χ0v) is 12.3. The predicted molar refractivity (Wildman–Crippen MR) is 83.4 cm³/mol. The smallest absolute Gasteiger partial charge is 0.227 e. The molecule has 0 saturated heterocycles. The van der Waals surface area contributed by atoms with Crippen molar-refractivity contribution in [3.05, 3.63) is 64.7 Å². The molecule has 0 saturated carbocycles. The van der Waals surface area contributed by atoms with E-state index in [4.69, 9.17) is 0 Å². The van der Waals surface area contributed by atoms with Crippen LogP contribution in [-0.4, -0.2) is 18.1 Å². The average Bonchev–Trinajstić information content (AvgIpc) is 2.50. The molecule has 0 radical (unpaired) electrons. The molecule has 0 aromatic heterocycles. The van der Waals surface area contributed by atoms with Crippen molar-refractivity contribution < 1.29 is 9.90 Å². The van der Waals surface area contributed by atoms with Crippen LogP contribution in [0.15, 0.2) is 42.5 Å². The molecule has 1 heterocycles. The van der Waals surface area contributed by atoms with E-state index < -0.39 is 6.10 Å². The summed E-state index contributed by atoms with van der Waals surface area (Å²) < 4.78 is 0. The van der Waals surface area contributed by atoms with Crippen molar-refractivity contribution in [3.8, 4) is 0 Å². The number of rotatable bonds is 2. The van der Waals surface area contributed by atoms with Crippen LogP contribution in [0, 0.1) is 6.92 Å². The molecule has 21 heavy (non-hydrogen) atoms. The summed E-state index contributed by atoms with van der Waals surface area (Å²) in [6.07, 6.45) is 0.653. The van der Waals surface area contributed by atoms with Gasteiger partial charge in [-0.1, -0.05) is 36.4 Å². The van der Waals surface area contributed by atoms with E-state index in [0.717, 1.165) is 34.4 Å². The molecule has 2 aromatic rings. The third-order valence-electron chi connectivity index (χ3n) is 4.25. The van der Waals surface area contributed by atoms with Gasteiger partial charge in [0.25, 0.3) is 0 Å². The highest BCUT2D eigenvalue weighted by Crippen LogP contribution is 2.32. The number of hydrogen-bond acceptors (Lipinski definition) is 2. The minimum atomic E-state index is -0.626. The van der Waals surface area contributed by atoms with Crippen molar-refractivity contribution in [2.24, 2.45) is 0 Å². The summed E-state index contributed by atoms with van der Waals surface area (Å²) in [5, 5.41) is 10.6. The Kier molecular flexibility index (Phi) is 3.52. The fourth-order valence-electron chi connectivity index (χ4n) is 2.92. The minimum absolute atomic E-state index is 0.148. The Bertz CT molecular complexity index is 693. The number of aliphatic hydroxyl groups excluding tert-OH is 1. The maximum absolute atomic E-state index is 11.7. The number of hydrogen-bond donors (Lipinski definition) is 1. The molecule has 1 atom stereocenters. The highest BCUT2D eigenvalue weighted by atomic mass is 16.3. The molecule has 0 spiro atoms. The summed E-state index contributed by atoms with van der Waals surface area (Å²) in [7, 11) is 1.80. The number of carbonyl (C=O) groups is 1. The lowest BCUT2D eigenvalue weighted by Gasteiger charge is -2.27. The summed E-state index contributed by atoms with van der Waals surface area (Å²) >= 11 is 0. The highest BCUT2D eigenvalue weighted by molar-refractivity contribution is 5.95. The fraction of sp³-hybridized carbons (Fsp3) is 0.278. The molecule has 1 N–H and O–H groups in total. The molecule has 0 fully saturated rings. The largest absolute Gasteiger partial charge is 0.384 e. The van der Waals surface area contributed by atoms with Crippen LogP contribution in [-0.2, 0) is 11.2 Å². The summed E-state index contributed by atoms with van der Waals surface area (Å²) in [4.78, 5) is 13.4. The number of fused-ring (bicyclic) bond motifs is 1. The van der Waals surface area contributed by atoms with E-state index in [1.54, 1.807) is 11.9 Å². The maximum atomic E-state index is 11.7. The monoisotopic (exact) mass is 281 g/mol. The fourth-order valence-corrected chi connectivity index (χ4v) is 2.92. The molecule has 3 nitrogen and oxygen atoms in total. The number of amides is 1. The lowest BCUT2D eigenvalue weighted by molar-refractivity contribution is -0.118. The molecule has 1 amide bonds. The van der Waals surface area contributed by atoms with Gasteiger partial charge in [-0.25, -0.2) is 0 Å². The molecule has 1 aliphatic rings. The van der Waals surface area contributed by atoms with E-state index >= 15 is 0 Å². The summed E-state index contributed by atoms with van der Waals surface area (Å²) in [5.41, 5.74) is 4.97. The van der Waals surface area contributed by atoms with Crippen LogP contribution in [0.5, 0.6) is 0 Å². The zero-order chi connectivity index (χ0) is 15.0. The molecule has 0 bridgehead atoms. The number of benzene rings is 2. The Hall–Kier alpha value is -2.13. The maximum Gasteiger partial charge on any atom is 0.227 e. The highest BCUT2D eigenvalue weighted by Gasteiger charge is 2.22. The van der Waals surface area contributed by atoms with Gasteiger partial charge < -0.3 is 10.0 Å². The van der Waals surface area contributed by atoms with Gasteiger partial charge in [0.1, 0.15) is 6.10 Å². The molecular formula is C18H19NO2. The van der Waals surface area contributed by atoms with E-state index in [9.17, 15) is 9.90 Å². The number of carbonyl (C=O) groups excluding carboxylic acids is 1. The number of anilines is 1. The van der Waals surface area contributed by atoms with Gasteiger partial charge >= 0.3 is 0 Å². The Morgan fingerprint density at radius 2 is 1.90 bits per heavy atom. The molecule has 108 valence electrons. The minimum Gasteiger partial charge on any atom is -0.384 e. The lowest BCUT2D eigenvalue weighted by Crippen LogP contribution is -2.31. The van der Waals surface area contributed by atoms with E-state index in [2.05, 4.69) is 0 Å². The zero-order valence-electron chi connectivity index (χ0n) is 12.3. The molecular weight excluding hydrogens is 262 g/mol. The van der Waals surface area contributed by atoms with Crippen LogP contribution in [0.2, 0.25) is 0 Å². The van der Waals surface area contributed by atoms with E-state index in [1.165, 1.54) is 0 Å². The van der Waals surface area contributed by atoms with Crippen molar-refractivity contribution in [1.82, 2.24) is 0 Å². The molecule has 3 rings (SSSR count). The van der Waals surface area contributed by atoms with Crippen LogP contribution >= 0.6 is 0 Å². The standard InChI is InChI=1S/C18H19NO2/c1-12-5-3-4-6-15(12)18(21)14-7-9-16-13(11-14)8-10-17(20)19(16)2/h3-7,9,11,18,21H,8,10H2,1-2H3. The Morgan fingerprint density at radius 1 is 1.14 bits per heavy atom. The van der Waals surface area contributed by atoms with Crippen LogP contribution in [0.4, 0.5) is 5.69 Å². The normalized spacial score (nSPS) is 15.8. The van der Waals surface area contributed by atoms with E-state index in [1.807, 2.05) is 49.4 Å². The van der Waals surface area contributed by atoms with Crippen molar-refractivity contribution >= 4 is 11.6 Å². The summed E-state index contributed by atoms with van der Waals surface area (Å²) in [6.45, 7) is 2.00. The first-order valence-electron chi connectivity index (χ1n) is 7.21. The lowest BCUT2D eigenvalue weighted by atomic mass is 9.93. The first-order valence-corrected chi connectivity index (χ1v) is 7.21. The summed E-state index contributed by atoms with van der Waals surface area (Å²) in [6, 6.07) is 13.7. The molecule has 1 aliphatic heterocycles. The summed E-state index contributed by atoms with van der Waals surface area (Å²) in [5.74, 6) is 0.148. The molecule has 2 aromatic carbocycles. The van der Waals surface area contributed by atoms with Gasteiger partial charge in [-0.15, -0.1) is 0 Å².